The van der Waals surface area contributed by atoms with Crippen molar-refractivity contribution in [1.29, 1.82) is 0 Å². The number of nitrogens with zero attached hydrogens (tertiary/aromatic N) is 1. The lowest BCUT2D eigenvalue weighted by Crippen LogP contribution is -2.14. The van der Waals surface area contributed by atoms with Crippen LogP contribution < -0.4 is 10.1 Å². The molecule has 2 aromatic carbocycles. The molecule has 0 saturated heterocycles. The van der Waals surface area contributed by atoms with Gasteiger partial charge in [0, 0.05) is 23.7 Å². The van der Waals surface area contributed by atoms with Gasteiger partial charge in [0.2, 0.25) is 5.91 Å². The summed E-state index contributed by atoms with van der Waals surface area (Å²) in [5, 5.41) is 13.7. The molecular formula is C19H20N2O5. The number of anilines is 1. The molecule has 0 radical (unpaired) electrons. The fourth-order valence-corrected chi connectivity index (χ4v) is 2.28. The first-order chi connectivity index (χ1) is 12.4. The van der Waals surface area contributed by atoms with Crippen LogP contribution in [0.3, 0.4) is 0 Å². The number of hydrogen-bond acceptors (Lipinski definition) is 5. The summed E-state index contributed by atoms with van der Waals surface area (Å²) in [5.74, 6) is -0.0968. The molecule has 0 unspecified atom stereocenters. The van der Waals surface area contributed by atoms with Crippen molar-refractivity contribution in [3.63, 3.8) is 0 Å². The molecule has 0 fully saturated rings. The number of Topliss-reactive ketones (excluding diaryl/α,β-unsaturated/α-hetero) is 1. The molecule has 0 aliphatic carbocycles. The van der Waals surface area contributed by atoms with Crippen LogP contribution in [-0.2, 0) is 4.79 Å². The third kappa shape index (κ3) is 5.41. The summed E-state index contributed by atoms with van der Waals surface area (Å²) in [6.07, 6.45) is 0.421. The van der Waals surface area contributed by atoms with Crippen molar-refractivity contribution in [2.45, 2.75) is 20.3 Å². The van der Waals surface area contributed by atoms with E-state index in [1.807, 2.05) is 13.8 Å². The zero-order valence-electron chi connectivity index (χ0n) is 14.6. The largest absolute Gasteiger partial charge is 0.478 e. The topological polar surface area (TPSA) is 98.5 Å². The van der Waals surface area contributed by atoms with Gasteiger partial charge in [0.15, 0.2) is 18.1 Å². The molecule has 0 heterocycles. The van der Waals surface area contributed by atoms with Gasteiger partial charge < -0.3 is 10.1 Å². The van der Waals surface area contributed by atoms with Crippen molar-refractivity contribution in [2.75, 3.05) is 11.9 Å². The normalized spacial score (nSPS) is 10.4. The van der Waals surface area contributed by atoms with E-state index in [9.17, 15) is 19.7 Å². The number of nitro benzene ring substituents is 1. The number of nitro groups is 1. The molecule has 1 N–H and O–H groups in total. The molecular weight excluding hydrogens is 336 g/mol. The molecule has 2 rings (SSSR count). The van der Waals surface area contributed by atoms with Gasteiger partial charge in [-0.2, -0.15) is 0 Å². The quantitative estimate of drug-likeness (QED) is 0.440. The first kappa shape index (κ1) is 19.1. The van der Waals surface area contributed by atoms with Crippen LogP contribution in [0.1, 0.15) is 30.6 Å². The number of carbonyl (C=O) groups is 2. The Balaban J connectivity index is 1.96. The molecule has 0 spiro atoms. The van der Waals surface area contributed by atoms with Crippen LogP contribution in [0.5, 0.6) is 5.75 Å². The second-order valence-corrected chi connectivity index (χ2v) is 6.16. The highest BCUT2D eigenvalue weighted by molar-refractivity contribution is 5.98. The zero-order chi connectivity index (χ0) is 19.1. The van der Waals surface area contributed by atoms with Gasteiger partial charge in [0.1, 0.15) is 0 Å². The first-order valence-corrected chi connectivity index (χ1v) is 8.16. The smallest absolute Gasteiger partial charge is 0.310 e. The summed E-state index contributed by atoms with van der Waals surface area (Å²) in [6, 6.07) is 12.3. The Morgan fingerprint density at radius 1 is 1.12 bits per heavy atom. The second-order valence-electron chi connectivity index (χ2n) is 6.16. The zero-order valence-corrected chi connectivity index (χ0v) is 14.6. The molecule has 2 aromatic rings. The summed E-state index contributed by atoms with van der Waals surface area (Å²) in [6.45, 7) is 3.60. The van der Waals surface area contributed by atoms with Gasteiger partial charge in [0.05, 0.1) is 4.92 Å². The maximum atomic E-state index is 12.2. The number of carbonyl (C=O) groups excluding carboxylic acids is 2. The number of ether oxygens (including phenoxy) is 1. The Morgan fingerprint density at radius 2 is 1.77 bits per heavy atom. The van der Waals surface area contributed by atoms with Gasteiger partial charge in [-0.15, -0.1) is 0 Å². The fraction of sp³-hybridized carbons (Fsp3) is 0.263. The minimum absolute atomic E-state index is 0.0448. The Morgan fingerprint density at radius 3 is 2.38 bits per heavy atom. The van der Waals surface area contributed by atoms with Crippen LogP contribution in [0.25, 0.3) is 0 Å². The van der Waals surface area contributed by atoms with Crippen molar-refractivity contribution in [1.82, 2.24) is 0 Å². The number of para-hydroxylation sites is 2. The molecule has 0 saturated carbocycles. The number of hydrogen-bond donors (Lipinski definition) is 1. The monoisotopic (exact) mass is 356 g/mol. The van der Waals surface area contributed by atoms with E-state index in [2.05, 4.69) is 5.32 Å². The van der Waals surface area contributed by atoms with Crippen molar-refractivity contribution < 1.29 is 19.2 Å². The number of amides is 1. The fourth-order valence-electron chi connectivity index (χ4n) is 2.28. The second kappa shape index (κ2) is 8.75. The molecule has 0 atom stereocenters. The molecule has 0 aliphatic rings. The van der Waals surface area contributed by atoms with Crippen LogP contribution >= 0.6 is 0 Å². The van der Waals surface area contributed by atoms with Gasteiger partial charge in [0.25, 0.3) is 0 Å². The van der Waals surface area contributed by atoms with Crippen molar-refractivity contribution in [3.05, 3.63) is 64.2 Å². The highest BCUT2D eigenvalue weighted by Gasteiger charge is 2.15. The van der Waals surface area contributed by atoms with Gasteiger partial charge in [-0.05, 0) is 36.2 Å². The Hall–Kier alpha value is -3.22. The van der Waals surface area contributed by atoms with E-state index in [0.29, 0.717) is 17.7 Å². The number of ketones is 1. The summed E-state index contributed by atoms with van der Waals surface area (Å²) in [5.41, 5.74) is 0.806. The Labute approximate surface area is 151 Å². The lowest BCUT2D eigenvalue weighted by molar-refractivity contribution is -0.385. The maximum Gasteiger partial charge on any atom is 0.310 e. The van der Waals surface area contributed by atoms with Crippen molar-refractivity contribution in [3.8, 4) is 5.75 Å². The van der Waals surface area contributed by atoms with Crippen molar-refractivity contribution in [2.24, 2.45) is 5.92 Å². The van der Waals surface area contributed by atoms with Crippen LogP contribution in [0, 0.1) is 16.0 Å². The van der Waals surface area contributed by atoms with E-state index in [0.717, 1.165) is 0 Å². The highest BCUT2D eigenvalue weighted by atomic mass is 16.6. The van der Waals surface area contributed by atoms with E-state index < -0.39 is 4.92 Å². The van der Waals surface area contributed by atoms with Gasteiger partial charge >= 0.3 is 5.69 Å². The van der Waals surface area contributed by atoms with Crippen LogP contribution in [0.15, 0.2) is 48.5 Å². The predicted octanol–water partition coefficient (Wildman–Crippen LogP) is 3.84. The van der Waals surface area contributed by atoms with Gasteiger partial charge in [-0.25, -0.2) is 0 Å². The summed E-state index contributed by atoms with van der Waals surface area (Å²) in [7, 11) is 0. The maximum absolute atomic E-state index is 12.2. The third-order valence-electron chi connectivity index (χ3n) is 3.50. The van der Waals surface area contributed by atoms with E-state index in [4.69, 9.17) is 4.74 Å². The number of benzene rings is 2. The minimum atomic E-state index is -0.561. The molecule has 0 bridgehead atoms. The van der Waals surface area contributed by atoms with E-state index in [1.54, 1.807) is 30.3 Å². The Kier molecular flexibility index (Phi) is 6.43. The molecule has 136 valence electrons. The van der Waals surface area contributed by atoms with Crippen molar-refractivity contribution >= 4 is 23.1 Å². The Bertz CT molecular complexity index is 800. The van der Waals surface area contributed by atoms with Crippen LogP contribution in [0.4, 0.5) is 11.4 Å². The lowest BCUT2D eigenvalue weighted by atomic mass is 10.1. The summed E-state index contributed by atoms with van der Waals surface area (Å²) < 4.78 is 5.29. The van der Waals surface area contributed by atoms with E-state index in [1.165, 1.54) is 18.2 Å². The van der Waals surface area contributed by atoms with Gasteiger partial charge in [-0.1, -0.05) is 26.0 Å². The lowest BCUT2D eigenvalue weighted by Gasteiger charge is -2.08. The highest BCUT2D eigenvalue weighted by Crippen LogP contribution is 2.25. The molecule has 26 heavy (non-hydrogen) atoms. The van der Waals surface area contributed by atoms with Crippen LogP contribution in [-0.4, -0.2) is 23.2 Å². The average Bonchev–Trinajstić information content (AvgIpc) is 2.59. The van der Waals surface area contributed by atoms with Crippen LogP contribution in [0.2, 0.25) is 0 Å². The van der Waals surface area contributed by atoms with E-state index >= 15 is 0 Å². The molecule has 7 nitrogen and oxygen atoms in total. The molecule has 1 amide bonds. The van der Waals surface area contributed by atoms with E-state index in [-0.39, 0.29) is 35.7 Å². The average molecular weight is 356 g/mol. The summed E-state index contributed by atoms with van der Waals surface area (Å²) in [4.78, 5) is 34.3. The molecule has 0 aromatic heterocycles. The third-order valence-corrected chi connectivity index (χ3v) is 3.50. The standard InChI is InChI=1S/C19H20N2O5/c1-13(2)11-19(23)20-15-9-7-14(8-10-15)17(22)12-26-18-6-4-3-5-16(18)21(24)25/h3-10,13H,11-12H2,1-2H3,(H,20,23). The molecule has 0 aliphatic heterocycles. The summed E-state index contributed by atoms with van der Waals surface area (Å²) >= 11 is 0. The number of rotatable bonds is 8. The molecule has 7 heteroatoms. The first-order valence-electron chi connectivity index (χ1n) is 8.16. The SMILES string of the molecule is CC(C)CC(=O)Nc1ccc(C(=O)COc2ccccc2[N+](=O)[O-])cc1. The predicted molar refractivity (Wildman–Crippen MR) is 97.4 cm³/mol. The minimum Gasteiger partial charge on any atom is -0.478 e. The number of nitrogens with one attached hydrogen (secondary N) is 1. The van der Waals surface area contributed by atoms with Gasteiger partial charge in [-0.3, -0.25) is 19.7 Å².